The Balaban J connectivity index is 1.08. The number of aldehydes is 1. The number of carbonyl (C=O) groups is 1. The van der Waals surface area contributed by atoms with E-state index in [4.69, 9.17) is 4.74 Å². The van der Waals surface area contributed by atoms with Gasteiger partial charge in [-0.05, 0) is 74.1 Å². The van der Waals surface area contributed by atoms with Crippen molar-refractivity contribution in [3.8, 4) is 16.9 Å². The van der Waals surface area contributed by atoms with Crippen molar-refractivity contribution in [1.82, 2.24) is 28.4 Å². The fourth-order valence-corrected chi connectivity index (χ4v) is 7.42. The number of hydrogen-bond acceptors (Lipinski definition) is 9. The first-order chi connectivity index (χ1) is 23.4. The van der Waals surface area contributed by atoms with E-state index in [1.807, 2.05) is 35.0 Å². The number of aromatic nitrogens is 5. The molecule has 1 N–H and O–H groups in total. The third-order valence-electron chi connectivity index (χ3n) is 10.1. The van der Waals surface area contributed by atoms with Gasteiger partial charge in [0.15, 0.2) is 12.1 Å². The van der Waals surface area contributed by atoms with Crippen LogP contribution in [-0.4, -0.2) is 79.6 Å². The van der Waals surface area contributed by atoms with Gasteiger partial charge in [0.05, 0.1) is 36.7 Å². The molecule has 0 aromatic carbocycles. The smallest absolute Gasteiger partial charge is 0.280 e. The number of piperazine rings is 1. The molecule has 12 heteroatoms. The molecule has 2 aliphatic heterocycles. The number of pyridine rings is 3. The fraction of sp³-hybridized carbons (Fsp3) is 0.361. The van der Waals surface area contributed by atoms with E-state index in [-0.39, 0.29) is 22.5 Å². The summed E-state index contributed by atoms with van der Waals surface area (Å²) >= 11 is 0. The highest BCUT2D eigenvalue weighted by Gasteiger charge is 2.32. The van der Waals surface area contributed by atoms with E-state index in [1.165, 1.54) is 20.4 Å². The van der Waals surface area contributed by atoms with E-state index in [2.05, 4.69) is 32.0 Å². The van der Waals surface area contributed by atoms with Crippen molar-refractivity contribution in [3.05, 3.63) is 98.8 Å². The monoisotopic (exact) mass is 646 g/mol. The van der Waals surface area contributed by atoms with Crippen LogP contribution in [0.4, 0.5) is 17.2 Å². The van der Waals surface area contributed by atoms with Gasteiger partial charge in [-0.3, -0.25) is 23.9 Å². The molecule has 2 saturated heterocycles. The molecule has 1 unspecified atom stereocenters. The van der Waals surface area contributed by atoms with E-state index >= 15 is 0 Å². The summed E-state index contributed by atoms with van der Waals surface area (Å²) in [4.78, 5) is 53.6. The first-order valence-electron chi connectivity index (χ1n) is 16.6. The topological polar surface area (TPSA) is 119 Å². The number of rotatable bonds is 7. The Bertz CT molecular complexity index is 2150. The largest absolute Gasteiger partial charge is 0.378 e. The average Bonchev–Trinajstić information content (AvgIpc) is 3.46. The molecular weight excluding hydrogens is 608 g/mol. The zero-order chi connectivity index (χ0) is 32.9. The summed E-state index contributed by atoms with van der Waals surface area (Å²) in [6.07, 6.45) is 13.5. The summed E-state index contributed by atoms with van der Waals surface area (Å²) in [5, 5.41) is 3.19. The standard InChI is InChI=1S/C36H38N8O4/c1-23-18-41(27-21-48-22-27)11-12-42(23)26-7-8-33(38-17-26)39-30-15-25(19-40(2)35(30)46)28-9-10-37-34(29(28)20-45)44-14-13-43-31-6-4-3-5-24(31)16-32(43)36(44)47/h7-10,13-17,19-20,23,27H,3-6,11-12,18,21-22H2,1-2H3,(H,38,39). The van der Waals surface area contributed by atoms with Crippen LogP contribution < -0.4 is 21.3 Å². The summed E-state index contributed by atoms with van der Waals surface area (Å²) in [6, 6.07) is 10.2. The highest BCUT2D eigenvalue weighted by Crippen LogP contribution is 2.29. The van der Waals surface area contributed by atoms with Crippen LogP contribution in [0.3, 0.4) is 0 Å². The molecule has 5 aromatic rings. The molecule has 1 aliphatic carbocycles. The number of anilines is 3. The summed E-state index contributed by atoms with van der Waals surface area (Å²) in [5.74, 6) is 0.776. The van der Waals surface area contributed by atoms with Gasteiger partial charge in [0.1, 0.15) is 17.0 Å². The van der Waals surface area contributed by atoms with E-state index in [0.29, 0.717) is 40.2 Å². The zero-order valence-corrected chi connectivity index (χ0v) is 27.1. The second-order valence-electron chi connectivity index (χ2n) is 13.1. The summed E-state index contributed by atoms with van der Waals surface area (Å²) in [6.45, 7) is 6.75. The molecule has 1 atom stereocenters. The van der Waals surface area contributed by atoms with Crippen LogP contribution in [0.2, 0.25) is 0 Å². The predicted octanol–water partition coefficient (Wildman–Crippen LogP) is 3.59. The number of ether oxygens (including phenoxy) is 1. The molecule has 48 heavy (non-hydrogen) atoms. The van der Waals surface area contributed by atoms with Gasteiger partial charge >= 0.3 is 0 Å². The average molecular weight is 647 g/mol. The van der Waals surface area contributed by atoms with Crippen molar-refractivity contribution < 1.29 is 9.53 Å². The Labute approximate surface area is 277 Å². The number of hydrogen-bond donors (Lipinski definition) is 1. The van der Waals surface area contributed by atoms with E-state index in [9.17, 15) is 14.4 Å². The maximum atomic E-state index is 13.7. The number of nitrogens with zero attached hydrogens (tertiary/aromatic N) is 7. The van der Waals surface area contributed by atoms with Gasteiger partial charge in [-0.2, -0.15) is 0 Å². The minimum atomic E-state index is -0.241. The molecule has 12 nitrogen and oxygen atoms in total. The van der Waals surface area contributed by atoms with Gasteiger partial charge in [0.25, 0.3) is 11.1 Å². The van der Waals surface area contributed by atoms with Crippen LogP contribution in [0, 0.1) is 0 Å². The molecule has 0 radical (unpaired) electrons. The summed E-state index contributed by atoms with van der Waals surface area (Å²) in [5.41, 5.74) is 5.26. The lowest BCUT2D eigenvalue weighted by Gasteiger charge is -2.46. The molecule has 5 aromatic heterocycles. The Morgan fingerprint density at radius 2 is 1.85 bits per heavy atom. The van der Waals surface area contributed by atoms with Crippen LogP contribution in [0.1, 0.15) is 41.4 Å². The first kappa shape index (κ1) is 30.3. The number of carbonyl (C=O) groups excluding carboxylic acids is 1. The van der Waals surface area contributed by atoms with Crippen molar-refractivity contribution >= 4 is 29.0 Å². The van der Waals surface area contributed by atoms with Crippen molar-refractivity contribution in [2.75, 3.05) is 43.1 Å². The van der Waals surface area contributed by atoms with Gasteiger partial charge in [-0.15, -0.1) is 0 Å². The van der Waals surface area contributed by atoms with Gasteiger partial charge in [-0.1, -0.05) is 0 Å². The highest BCUT2D eigenvalue weighted by atomic mass is 16.5. The Morgan fingerprint density at radius 1 is 1.00 bits per heavy atom. The molecule has 0 bridgehead atoms. The molecule has 3 aliphatic rings. The minimum Gasteiger partial charge on any atom is -0.378 e. The number of fused-ring (bicyclic) bond motifs is 3. The van der Waals surface area contributed by atoms with Gasteiger partial charge in [-0.25, -0.2) is 9.97 Å². The third-order valence-corrected chi connectivity index (χ3v) is 10.1. The number of nitrogens with one attached hydrogen (secondary N) is 1. The summed E-state index contributed by atoms with van der Waals surface area (Å²) in [7, 11) is 1.67. The quantitative estimate of drug-likeness (QED) is 0.265. The molecule has 0 saturated carbocycles. The lowest BCUT2D eigenvalue weighted by atomic mass is 9.98. The first-order valence-corrected chi connectivity index (χ1v) is 16.6. The van der Waals surface area contributed by atoms with Crippen LogP contribution in [0.25, 0.3) is 22.5 Å². The normalized spacial score (nSPS) is 18.5. The summed E-state index contributed by atoms with van der Waals surface area (Å²) < 4.78 is 10.3. The van der Waals surface area contributed by atoms with Crippen LogP contribution in [0.5, 0.6) is 0 Å². The predicted molar refractivity (Wildman–Crippen MR) is 184 cm³/mol. The number of aryl methyl sites for hydroxylation is 3. The van der Waals surface area contributed by atoms with Crippen LogP contribution >= 0.6 is 0 Å². The van der Waals surface area contributed by atoms with Gasteiger partial charge in [0.2, 0.25) is 0 Å². The molecular formula is C36H38N8O4. The molecule has 8 rings (SSSR count). The molecule has 0 amide bonds. The second kappa shape index (κ2) is 12.2. The van der Waals surface area contributed by atoms with Crippen molar-refractivity contribution in [2.24, 2.45) is 7.05 Å². The molecule has 7 heterocycles. The minimum absolute atomic E-state index is 0.235. The van der Waals surface area contributed by atoms with Crippen molar-refractivity contribution in [3.63, 3.8) is 0 Å². The molecule has 2 fully saturated rings. The fourth-order valence-electron chi connectivity index (χ4n) is 7.42. The Kier molecular flexibility index (Phi) is 7.68. The highest BCUT2D eigenvalue weighted by molar-refractivity contribution is 5.91. The zero-order valence-electron chi connectivity index (χ0n) is 27.1. The third kappa shape index (κ3) is 5.21. The lowest BCUT2D eigenvalue weighted by Crippen LogP contribution is -2.59. The molecule has 246 valence electrons. The van der Waals surface area contributed by atoms with Crippen molar-refractivity contribution in [1.29, 1.82) is 0 Å². The maximum absolute atomic E-state index is 13.7. The van der Waals surface area contributed by atoms with Crippen LogP contribution in [-0.2, 0) is 24.6 Å². The Hall–Kier alpha value is -5.07. The van der Waals surface area contributed by atoms with Crippen molar-refractivity contribution in [2.45, 2.75) is 44.7 Å². The van der Waals surface area contributed by atoms with Crippen LogP contribution in [0.15, 0.2) is 70.9 Å². The van der Waals surface area contributed by atoms with E-state index < -0.39 is 0 Å². The van der Waals surface area contributed by atoms with E-state index in [0.717, 1.165) is 70.5 Å². The van der Waals surface area contributed by atoms with E-state index in [1.54, 1.807) is 37.8 Å². The lowest BCUT2D eigenvalue weighted by molar-refractivity contribution is -0.0691. The Morgan fingerprint density at radius 3 is 2.60 bits per heavy atom. The van der Waals surface area contributed by atoms with Gasteiger partial charge < -0.3 is 23.9 Å². The SMILES string of the molecule is CC1CN(C2COC2)CCN1c1ccc(Nc2cc(-c3ccnc(-n4ccn5c6c(cc5c4=O)CCCC6)c3C=O)cn(C)c2=O)nc1. The maximum Gasteiger partial charge on any atom is 0.280 e. The van der Waals surface area contributed by atoms with Gasteiger partial charge in [0, 0.05) is 68.8 Å². The molecule has 0 spiro atoms. The second-order valence-corrected chi connectivity index (χ2v) is 13.1.